The zero-order valence-corrected chi connectivity index (χ0v) is 13.2. The van der Waals surface area contributed by atoms with Crippen LogP contribution < -0.4 is 5.32 Å². The molecule has 4 nitrogen and oxygen atoms in total. The Morgan fingerprint density at radius 1 is 1.00 bits per heavy atom. The maximum absolute atomic E-state index is 12.6. The van der Waals surface area contributed by atoms with Gasteiger partial charge in [-0.3, -0.25) is 9.59 Å². The summed E-state index contributed by atoms with van der Waals surface area (Å²) in [5.41, 5.74) is 0.0817. The second-order valence-corrected chi connectivity index (χ2v) is 5.27. The van der Waals surface area contributed by atoms with Crippen molar-refractivity contribution < 1.29 is 27.5 Å². The van der Waals surface area contributed by atoms with Gasteiger partial charge in [-0.15, -0.1) is 0 Å². The number of nitrogens with one attached hydrogen (secondary N) is 1. The molecule has 0 saturated heterocycles. The SMILES string of the molecule is O=C(COC(=O)CCc1ccccc1)Nc1cccc(C(F)(F)F)c1. The standard InChI is InChI=1S/C18H16F3NO3/c19-18(20,21)14-7-4-8-15(11-14)22-16(23)12-25-17(24)10-9-13-5-2-1-3-6-13/h1-8,11H,9-10,12H2,(H,22,23). The third kappa shape index (κ3) is 6.29. The molecule has 0 spiro atoms. The molecule has 0 atom stereocenters. The summed E-state index contributed by atoms with van der Waals surface area (Å²) in [4.78, 5) is 23.3. The van der Waals surface area contributed by atoms with Crippen LogP contribution in [0, 0.1) is 0 Å². The fourth-order valence-electron chi connectivity index (χ4n) is 2.08. The minimum absolute atomic E-state index is 0.0137. The Labute approximate surface area is 142 Å². The number of esters is 1. The Bertz CT molecular complexity index is 730. The molecule has 0 aliphatic rings. The molecule has 0 aliphatic heterocycles. The van der Waals surface area contributed by atoms with Crippen molar-refractivity contribution in [3.63, 3.8) is 0 Å². The molecule has 2 aromatic carbocycles. The summed E-state index contributed by atoms with van der Waals surface area (Å²) in [5.74, 6) is -1.25. The third-order valence-electron chi connectivity index (χ3n) is 3.30. The summed E-state index contributed by atoms with van der Waals surface area (Å²) in [6.07, 6.45) is -3.90. The number of carbonyl (C=O) groups excluding carboxylic acids is 2. The molecule has 2 rings (SSSR count). The summed E-state index contributed by atoms with van der Waals surface area (Å²) in [5, 5.41) is 2.27. The number of carbonyl (C=O) groups is 2. The van der Waals surface area contributed by atoms with E-state index in [1.54, 1.807) is 0 Å². The van der Waals surface area contributed by atoms with E-state index < -0.39 is 30.2 Å². The van der Waals surface area contributed by atoms with Gasteiger partial charge in [-0.1, -0.05) is 36.4 Å². The Morgan fingerprint density at radius 2 is 1.72 bits per heavy atom. The Kier molecular flexibility index (Phi) is 6.16. The van der Waals surface area contributed by atoms with Gasteiger partial charge in [0.25, 0.3) is 5.91 Å². The number of hydrogen-bond acceptors (Lipinski definition) is 3. The highest BCUT2D eigenvalue weighted by Gasteiger charge is 2.30. The van der Waals surface area contributed by atoms with E-state index >= 15 is 0 Å². The lowest BCUT2D eigenvalue weighted by atomic mass is 10.1. The molecule has 0 saturated carbocycles. The van der Waals surface area contributed by atoms with Gasteiger partial charge >= 0.3 is 12.1 Å². The van der Waals surface area contributed by atoms with Crippen LogP contribution in [0.3, 0.4) is 0 Å². The van der Waals surface area contributed by atoms with Crippen LogP contribution >= 0.6 is 0 Å². The van der Waals surface area contributed by atoms with E-state index in [-0.39, 0.29) is 12.1 Å². The van der Waals surface area contributed by atoms with Crippen LogP contribution in [0.25, 0.3) is 0 Å². The van der Waals surface area contributed by atoms with Gasteiger partial charge in [0.1, 0.15) is 0 Å². The number of alkyl halides is 3. The summed E-state index contributed by atoms with van der Waals surface area (Å²) >= 11 is 0. The molecule has 2 aromatic rings. The van der Waals surface area contributed by atoms with Crippen molar-refractivity contribution >= 4 is 17.6 Å². The number of rotatable bonds is 6. The molecule has 7 heteroatoms. The van der Waals surface area contributed by atoms with Crippen LogP contribution in [-0.2, 0) is 26.9 Å². The molecule has 132 valence electrons. The normalized spacial score (nSPS) is 11.0. The van der Waals surface area contributed by atoms with Crippen molar-refractivity contribution in [3.05, 3.63) is 65.7 Å². The molecule has 25 heavy (non-hydrogen) atoms. The van der Waals surface area contributed by atoms with Crippen molar-refractivity contribution in [2.45, 2.75) is 19.0 Å². The highest BCUT2D eigenvalue weighted by molar-refractivity contribution is 5.92. The number of halogens is 3. The third-order valence-corrected chi connectivity index (χ3v) is 3.30. The average molecular weight is 351 g/mol. The smallest absolute Gasteiger partial charge is 0.416 e. The van der Waals surface area contributed by atoms with E-state index in [0.717, 1.165) is 17.7 Å². The first-order valence-electron chi connectivity index (χ1n) is 7.51. The van der Waals surface area contributed by atoms with Crippen LogP contribution in [0.5, 0.6) is 0 Å². The minimum Gasteiger partial charge on any atom is -0.456 e. The largest absolute Gasteiger partial charge is 0.456 e. The molecule has 0 aliphatic carbocycles. The average Bonchev–Trinajstić information content (AvgIpc) is 2.58. The summed E-state index contributed by atoms with van der Waals surface area (Å²) in [6.45, 7) is -0.552. The van der Waals surface area contributed by atoms with Crippen molar-refractivity contribution in [2.75, 3.05) is 11.9 Å². The van der Waals surface area contributed by atoms with Gasteiger partial charge in [-0.2, -0.15) is 13.2 Å². The molecular formula is C18H16F3NO3. The lowest BCUT2D eigenvalue weighted by Gasteiger charge is -2.10. The first kappa shape index (κ1) is 18.5. The Hall–Kier alpha value is -2.83. The monoisotopic (exact) mass is 351 g/mol. The van der Waals surface area contributed by atoms with Gasteiger partial charge in [0.15, 0.2) is 6.61 Å². The van der Waals surface area contributed by atoms with Crippen LogP contribution in [0.1, 0.15) is 17.5 Å². The van der Waals surface area contributed by atoms with E-state index in [1.807, 2.05) is 30.3 Å². The number of anilines is 1. The lowest BCUT2D eigenvalue weighted by molar-refractivity contribution is -0.147. The highest BCUT2D eigenvalue weighted by atomic mass is 19.4. The van der Waals surface area contributed by atoms with E-state index in [2.05, 4.69) is 5.32 Å². The summed E-state index contributed by atoms with van der Waals surface area (Å²) in [7, 11) is 0. The van der Waals surface area contributed by atoms with E-state index in [9.17, 15) is 22.8 Å². The van der Waals surface area contributed by atoms with Gasteiger partial charge < -0.3 is 10.1 Å². The molecule has 1 N–H and O–H groups in total. The summed E-state index contributed by atoms with van der Waals surface area (Å²) in [6, 6.07) is 13.5. The minimum atomic E-state index is -4.50. The van der Waals surface area contributed by atoms with Crippen LogP contribution in [0.2, 0.25) is 0 Å². The molecular weight excluding hydrogens is 335 g/mol. The van der Waals surface area contributed by atoms with Crippen LogP contribution in [-0.4, -0.2) is 18.5 Å². The van der Waals surface area contributed by atoms with Crippen LogP contribution in [0.4, 0.5) is 18.9 Å². The first-order valence-corrected chi connectivity index (χ1v) is 7.51. The van der Waals surface area contributed by atoms with E-state index in [1.165, 1.54) is 12.1 Å². The zero-order valence-electron chi connectivity index (χ0n) is 13.2. The lowest BCUT2D eigenvalue weighted by Crippen LogP contribution is -2.21. The molecule has 0 fully saturated rings. The predicted molar refractivity (Wildman–Crippen MR) is 85.8 cm³/mol. The highest BCUT2D eigenvalue weighted by Crippen LogP contribution is 2.30. The number of benzene rings is 2. The second-order valence-electron chi connectivity index (χ2n) is 5.27. The van der Waals surface area contributed by atoms with Gasteiger partial charge in [0.2, 0.25) is 0 Å². The van der Waals surface area contributed by atoms with E-state index in [4.69, 9.17) is 4.74 Å². The van der Waals surface area contributed by atoms with Gasteiger partial charge in [-0.05, 0) is 30.2 Å². The van der Waals surface area contributed by atoms with Crippen LogP contribution in [0.15, 0.2) is 54.6 Å². The number of aryl methyl sites for hydroxylation is 1. The zero-order chi connectivity index (χ0) is 18.3. The molecule has 0 radical (unpaired) electrons. The number of ether oxygens (including phenoxy) is 1. The Morgan fingerprint density at radius 3 is 2.40 bits per heavy atom. The molecule has 0 aromatic heterocycles. The maximum atomic E-state index is 12.6. The first-order chi connectivity index (χ1) is 11.8. The van der Waals surface area contributed by atoms with Gasteiger partial charge in [-0.25, -0.2) is 0 Å². The molecule has 0 heterocycles. The molecule has 0 unspecified atom stereocenters. The Balaban J connectivity index is 1.78. The fourth-order valence-corrected chi connectivity index (χ4v) is 2.08. The van der Waals surface area contributed by atoms with Crippen molar-refractivity contribution in [2.24, 2.45) is 0 Å². The van der Waals surface area contributed by atoms with Crippen molar-refractivity contribution in [3.8, 4) is 0 Å². The predicted octanol–water partition coefficient (Wildman–Crippen LogP) is 3.82. The number of amides is 1. The summed E-state index contributed by atoms with van der Waals surface area (Å²) < 4.78 is 42.6. The second kappa shape index (κ2) is 8.32. The molecule has 0 bridgehead atoms. The maximum Gasteiger partial charge on any atom is 0.416 e. The van der Waals surface area contributed by atoms with Gasteiger partial charge in [0, 0.05) is 12.1 Å². The van der Waals surface area contributed by atoms with Crippen molar-refractivity contribution in [1.29, 1.82) is 0 Å². The van der Waals surface area contributed by atoms with Crippen molar-refractivity contribution in [1.82, 2.24) is 0 Å². The fraction of sp³-hybridized carbons (Fsp3) is 0.222. The quantitative estimate of drug-likeness (QED) is 0.805. The van der Waals surface area contributed by atoms with Gasteiger partial charge in [0.05, 0.1) is 5.56 Å². The number of hydrogen-bond donors (Lipinski definition) is 1. The molecule has 1 amide bonds. The van der Waals surface area contributed by atoms with E-state index in [0.29, 0.717) is 6.42 Å². The topological polar surface area (TPSA) is 55.4 Å².